The smallest absolute Gasteiger partial charge is 0.181 e. The van der Waals surface area contributed by atoms with Gasteiger partial charge in [0.15, 0.2) is 9.84 Å². The number of hydrogen-bond donors (Lipinski definition) is 1. The topological polar surface area (TPSA) is 46.2 Å². The lowest BCUT2D eigenvalue weighted by molar-refractivity contribution is 0.598. The predicted molar refractivity (Wildman–Crippen MR) is 86.1 cm³/mol. The average Bonchev–Trinajstić information content (AvgIpc) is 2.68. The zero-order valence-electron chi connectivity index (χ0n) is 11.2. The van der Waals surface area contributed by atoms with E-state index < -0.39 is 9.84 Å². The number of anilines is 1. The molecule has 3 nitrogen and oxygen atoms in total. The van der Waals surface area contributed by atoms with Crippen molar-refractivity contribution in [3.8, 4) is 0 Å². The highest BCUT2D eigenvalue weighted by Gasteiger charge is 2.34. The largest absolute Gasteiger partial charge is 0.376 e. The molecule has 1 aliphatic rings. The number of hydrogen-bond acceptors (Lipinski definition) is 3. The summed E-state index contributed by atoms with van der Waals surface area (Å²) in [7, 11) is -3.24. The molecule has 2 aromatic carbocycles. The highest BCUT2D eigenvalue weighted by Crippen LogP contribution is 2.38. The number of sulfone groups is 1. The van der Waals surface area contributed by atoms with Crippen molar-refractivity contribution < 1.29 is 8.42 Å². The van der Waals surface area contributed by atoms with Crippen LogP contribution >= 0.6 is 23.2 Å². The van der Waals surface area contributed by atoms with Crippen LogP contribution in [0.2, 0.25) is 10.0 Å². The summed E-state index contributed by atoms with van der Waals surface area (Å²) in [4.78, 5) is 0.386. The molecule has 0 aliphatic carbocycles. The van der Waals surface area contributed by atoms with Crippen LogP contribution in [0.4, 0.5) is 5.69 Å². The maximum atomic E-state index is 12.2. The molecule has 1 heterocycles. The lowest BCUT2D eigenvalue weighted by Gasteiger charge is -2.16. The molecule has 1 unspecified atom stereocenters. The molecule has 0 saturated heterocycles. The number of rotatable bonds is 2. The molecule has 0 spiro atoms. The van der Waals surface area contributed by atoms with E-state index in [2.05, 4.69) is 5.32 Å². The van der Waals surface area contributed by atoms with E-state index in [0.29, 0.717) is 20.6 Å². The Kier molecular flexibility index (Phi) is 3.64. The van der Waals surface area contributed by atoms with E-state index >= 15 is 0 Å². The Bertz CT molecular complexity index is 818. The van der Waals surface area contributed by atoms with E-state index in [1.807, 2.05) is 19.1 Å². The monoisotopic (exact) mass is 341 g/mol. The third-order valence-corrected chi connectivity index (χ3v) is 6.13. The zero-order valence-corrected chi connectivity index (χ0v) is 13.6. The van der Waals surface area contributed by atoms with Crippen molar-refractivity contribution in [1.82, 2.24) is 0 Å². The Hall–Kier alpha value is -1.23. The van der Waals surface area contributed by atoms with Crippen molar-refractivity contribution >= 4 is 38.7 Å². The molecule has 0 radical (unpaired) electrons. The van der Waals surface area contributed by atoms with Gasteiger partial charge in [-0.05, 0) is 36.2 Å². The number of fused-ring (bicyclic) bond motifs is 1. The van der Waals surface area contributed by atoms with E-state index in [1.165, 1.54) is 0 Å². The van der Waals surface area contributed by atoms with E-state index in [0.717, 1.165) is 11.1 Å². The second-order valence-corrected chi connectivity index (χ2v) is 7.91. The third kappa shape index (κ3) is 2.63. The highest BCUT2D eigenvalue weighted by molar-refractivity contribution is 7.91. The van der Waals surface area contributed by atoms with Gasteiger partial charge in [0.1, 0.15) is 0 Å². The molecule has 6 heteroatoms. The molecule has 1 aliphatic heterocycles. The highest BCUT2D eigenvalue weighted by atomic mass is 35.5. The first kappa shape index (κ1) is 14.7. The lowest BCUT2D eigenvalue weighted by Crippen LogP contribution is -2.13. The Morgan fingerprint density at radius 3 is 2.62 bits per heavy atom. The molecule has 0 aromatic heterocycles. The fraction of sp³-hybridized carbons (Fsp3) is 0.200. The fourth-order valence-electron chi connectivity index (χ4n) is 2.51. The summed E-state index contributed by atoms with van der Waals surface area (Å²) in [5.74, 6) is 0.0220. The second-order valence-electron chi connectivity index (χ2n) is 5.10. The van der Waals surface area contributed by atoms with Crippen LogP contribution in [0.25, 0.3) is 0 Å². The Labute approximate surface area is 133 Å². The summed E-state index contributed by atoms with van der Waals surface area (Å²) in [6.07, 6.45) is 0. The molecule has 3 rings (SSSR count). The van der Waals surface area contributed by atoms with Crippen molar-refractivity contribution in [2.24, 2.45) is 0 Å². The molecule has 1 atom stereocenters. The van der Waals surface area contributed by atoms with E-state index in [-0.39, 0.29) is 11.8 Å². The van der Waals surface area contributed by atoms with Gasteiger partial charge in [0.2, 0.25) is 0 Å². The van der Waals surface area contributed by atoms with Crippen molar-refractivity contribution in [1.29, 1.82) is 0 Å². The summed E-state index contributed by atoms with van der Waals surface area (Å²) in [6.45, 7) is 1.87. The molecule has 0 bridgehead atoms. The maximum absolute atomic E-state index is 12.2. The number of aryl methyl sites for hydroxylation is 1. The van der Waals surface area contributed by atoms with Gasteiger partial charge >= 0.3 is 0 Å². The summed E-state index contributed by atoms with van der Waals surface area (Å²) in [5.41, 5.74) is 2.29. The number of nitrogens with one attached hydrogen (secondary N) is 1. The minimum absolute atomic E-state index is 0.0220. The number of benzene rings is 2. The zero-order chi connectivity index (χ0) is 15.2. The first-order valence-electron chi connectivity index (χ1n) is 6.42. The van der Waals surface area contributed by atoms with Gasteiger partial charge in [-0.15, -0.1) is 0 Å². The molecule has 0 fully saturated rings. The van der Waals surface area contributed by atoms with Crippen molar-refractivity contribution in [2.45, 2.75) is 17.9 Å². The SMILES string of the molecule is Cc1cc(Cl)c(NC2CS(=O)(=O)c3ccccc32)cc1Cl. The molecule has 1 N–H and O–H groups in total. The maximum Gasteiger partial charge on any atom is 0.181 e. The summed E-state index contributed by atoms with van der Waals surface area (Å²) < 4.78 is 24.3. The molecular weight excluding hydrogens is 329 g/mol. The van der Waals surface area contributed by atoms with Gasteiger partial charge in [-0.3, -0.25) is 0 Å². The normalized spacial score (nSPS) is 19.3. The van der Waals surface area contributed by atoms with Gasteiger partial charge in [-0.1, -0.05) is 41.4 Å². The standard InChI is InChI=1S/C15H13Cl2NO2S/c1-9-6-12(17)13(7-11(9)16)18-14-8-21(19,20)15-5-3-2-4-10(14)15/h2-7,14,18H,8H2,1H3. The Morgan fingerprint density at radius 2 is 1.86 bits per heavy atom. The quantitative estimate of drug-likeness (QED) is 0.888. The van der Waals surface area contributed by atoms with Gasteiger partial charge in [-0.25, -0.2) is 8.42 Å². The Balaban J connectivity index is 2.00. The van der Waals surface area contributed by atoms with Crippen LogP contribution in [0.5, 0.6) is 0 Å². The van der Waals surface area contributed by atoms with Gasteiger partial charge < -0.3 is 5.32 Å². The summed E-state index contributed by atoms with van der Waals surface area (Å²) in [5, 5.41) is 4.31. The minimum Gasteiger partial charge on any atom is -0.376 e. The average molecular weight is 342 g/mol. The van der Waals surface area contributed by atoms with Gasteiger partial charge in [-0.2, -0.15) is 0 Å². The Morgan fingerprint density at radius 1 is 1.14 bits per heavy atom. The van der Waals surface area contributed by atoms with Crippen LogP contribution in [0.15, 0.2) is 41.3 Å². The van der Waals surface area contributed by atoms with Crippen molar-refractivity contribution in [3.05, 3.63) is 57.6 Å². The van der Waals surface area contributed by atoms with Crippen LogP contribution in [-0.4, -0.2) is 14.2 Å². The summed E-state index contributed by atoms with van der Waals surface area (Å²) in [6, 6.07) is 10.2. The minimum atomic E-state index is -3.24. The van der Waals surface area contributed by atoms with Crippen LogP contribution in [0.1, 0.15) is 17.2 Å². The van der Waals surface area contributed by atoms with Gasteiger partial charge in [0.05, 0.1) is 27.4 Å². The molecular formula is C15H13Cl2NO2S. The summed E-state index contributed by atoms with van der Waals surface area (Å²) >= 11 is 12.3. The molecule has 0 saturated carbocycles. The van der Waals surface area contributed by atoms with Gasteiger partial charge in [0, 0.05) is 5.02 Å². The lowest BCUT2D eigenvalue weighted by atomic mass is 10.1. The third-order valence-electron chi connectivity index (χ3n) is 3.59. The second kappa shape index (κ2) is 5.20. The van der Waals surface area contributed by atoms with Crippen LogP contribution < -0.4 is 5.32 Å². The molecule has 110 valence electrons. The fourth-order valence-corrected chi connectivity index (χ4v) is 4.69. The first-order valence-corrected chi connectivity index (χ1v) is 8.83. The van der Waals surface area contributed by atoms with Crippen molar-refractivity contribution in [3.63, 3.8) is 0 Å². The van der Waals surface area contributed by atoms with E-state index in [9.17, 15) is 8.42 Å². The van der Waals surface area contributed by atoms with Crippen molar-refractivity contribution in [2.75, 3.05) is 11.1 Å². The number of halogens is 2. The van der Waals surface area contributed by atoms with Gasteiger partial charge in [0.25, 0.3) is 0 Å². The first-order chi connectivity index (χ1) is 9.88. The van der Waals surface area contributed by atoms with Crippen LogP contribution in [0.3, 0.4) is 0 Å². The van der Waals surface area contributed by atoms with Crippen LogP contribution in [-0.2, 0) is 9.84 Å². The molecule has 21 heavy (non-hydrogen) atoms. The van der Waals surface area contributed by atoms with E-state index in [1.54, 1.807) is 24.3 Å². The predicted octanol–water partition coefficient (Wildman–Crippen LogP) is 4.24. The molecule has 2 aromatic rings. The van der Waals surface area contributed by atoms with E-state index in [4.69, 9.17) is 23.2 Å². The molecule has 0 amide bonds. The van der Waals surface area contributed by atoms with Crippen LogP contribution in [0, 0.1) is 6.92 Å².